The molecule has 0 aliphatic rings. The molecule has 0 bridgehead atoms. The van der Waals surface area contributed by atoms with Gasteiger partial charge in [0.2, 0.25) is 0 Å². The van der Waals surface area contributed by atoms with Crippen LogP contribution in [0.2, 0.25) is 0 Å². The van der Waals surface area contributed by atoms with Crippen molar-refractivity contribution in [2.24, 2.45) is 0 Å². The molecule has 3 heteroatoms. The van der Waals surface area contributed by atoms with Gasteiger partial charge in [-0.1, -0.05) is 39.5 Å². The Morgan fingerprint density at radius 3 is 2.41 bits per heavy atom. The summed E-state index contributed by atoms with van der Waals surface area (Å²) >= 11 is 0. The Hall–Kier alpha value is -1.51. The van der Waals surface area contributed by atoms with Gasteiger partial charge in [0.05, 0.1) is 12.2 Å². The molecule has 0 aliphatic carbocycles. The van der Waals surface area contributed by atoms with Crippen LogP contribution >= 0.6 is 0 Å². The number of carbonyl (C=O) groups excluding carboxylic acids is 1. The fourth-order valence-electron chi connectivity index (χ4n) is 2.70. The van der Waals surface area contributed by atoms with Crippen molar-refractivity contribution in [3.05, 3.63) is 23.3 Å². The van der Waals surface area contributed by atoms with Gasteiger partial charge in [-0.3, -0.25) is 4.79 Å². The van der Waals surface area contributed by atoms with E-state index in [-0.39, 0.29) is 11.5 Å². The lowest BCUT2D eigenvalue weighted by Crippen LogP contribution is -2.05. The number of benzene rings is 1. The van der Waals surface area contributed by atoms with Crippen LogP contribution in [0.25, 0.3) is 0 Å². The Kier molecular flexibility index (Phi) is 8.64. The van der Waals surface area contributed by atoms with Gasteiger partial charge in [-0.15, -0.1) is 0 Å². The van der Waals surface area contributed by atoms with Crippen molar-refractivity contribution in [1.29, 1.82) is 0 Å². The van der Waals surface area contributed by atoms with Crippen LogP contribution < -0.4 is 4.74 Å². The Morgan fingerprint density at radius 2 is 1.77 bits per heavy atom. The van der Waals surface area contributed by atoms with Gasteiger partial charge in [-0.05, 0) is 37.8 Å². The fraction of sp³-hybridized carbons (Fsp3) is 0.632. The number of hydrogen-bond donors (Lipinski definition) is 1. The van der Waals surface area contributed by atoms with E-state index in [2.05, 4.69) is 6.92 Å². The van der Waals surface area contributed by atoms with Crippen LogP contribution in [0.4, 0.5) is 0 Å². The van der Waals surface area contributed by atoms with Crippen molar-refractivity contribution in [2.75, 3.05) is 6.61 Å². The third-order valence-electron chi connectivity index (χ3n) is 3.79. The number of rotatable bonds is 11. The molecular formula is C19H30O3. The number of aromatic hydroxyl groups is 1. The lowest BCUT2D eigenvalue weighted by molar-refractivity contribution is 0.0978. The van der Waals surface area contributed by atoms with E-state index in [1.807, 2.05) is 19.9 Å². The summed E-state index contributed by atoms with van der Waals surface area (Å²) in [5.74, 6) is 0.746. The molecule has 0 amide bonds. The maximum absolute atomic E-state index is 12.3. The van der Waals surface area contributed by atoms with Gasteiger partial charge in [0.25, 0.3) is 0 Å². The average molecular weight is 306 g/mol. The average Bonchev–Trinajstić information content (AvgIpc) is 2.47. The zero-order valence-electron chi connectivity index (χ0n) is 14.3. The molecule has 0 atom stereocenters. The maximum Gasteiger partial charge on any atom is 0.166 e. The number of ether oxygens (including phenoxy) is 1. The number of carbonyl (C=O) groups is 1. The highest BCUT2D eigenvalue weighted by atomic mass is 16.5. The van der Waals surface area contributed by atoms with E-state index in [1.165, 1.54) is 19.3 Å². The Bertz CT molecular complexity index is 466. The molecule has 0 unspecified atom stereocenters. The lowest BCUT2D eigenvalue weighted by Gasteiger charge is -2.13. The number of ketones is 1. The molecule has 124 valence electrons. The van der Waals surface area contributed by atoms with E-state index in [4.69, 9.17) is 4.74 Å². The summed E-state index contributed by atoms with van der Waals surface area (Å²) in [7, 11) is 0. The van der Waals surface area contributed by atoms with Crippen molar-refractivity contribution < 1.29 is 14.6 Å². The smallest absolute Gasteiger partial charge is 0.166 e. The van der Waals surface area contributed by atoms with Gasteiger partial charge in [-0.25, -0.2) is 0 Å². The summed E-state index contributed by atoms with van der Waals surface area (Å²) in [5, 5.41) is 10.2. The van der Waals surface area contributed by atoms with E-state index in [0.717, 1.165) is 31.2 Å². The zero-order chi connectivity index (χ0) is 16.4. The summed E-state index contributed by atoms with van der Waals surface area (Å²) in [4.78, 5) is 12.3. The minimum atomic E-state index is 0.0339. The van der Waals surface area contributed by atoms with E-state index in [0.29, 0.717) is 24.3 Å². The second-order valence-corrected chi connectivity index (χ2v) is 5.75. The number of phenols is 1. The molecule has 0 aliphatic heterocycles. The first-order valence-electron chi connectivity index (χ1n) is 8.65. The third kappa shape index (κ3) is 5.70. The predicted molar refractivity (Wildman–Crippen MR) is 91.0 cm³/mol. The van der Waals surface area contributed by atoms with Crippen molar-refractivity contribution >= 4 is 5.78 Å². The molecule has 1 aromatic carbocycles. The molecule has 0 heterocycles. The van der Waals surface area contributed by atoms with Crippen molar-refractivity contribution in [2.45, 2.75) is 72.1 Å². The summed E-state index contributed by atoms with van der Waals surface area (Å²) in [6, 6.07) is 3.49. The molecule has 0 aromatic heterocycles. The number of unbranched alkanes of at least 4 members (excludes halogenated alkanes) is 4. The second kappa shape index (κ2) is 10.3. The Balaban J connectivity index is 2.89. The monoisotopic (exact) mass is 306 g/mol. The second-order valence-electron chi connectivity index (χ2n) is 5.75. The van der Waals surface area contributed by atoms with Crippen LogP contribution in [0.3, 0.4) is 0 Å². The number of Topliss-reactive ketones (excluding diaryl/α,β-unsaturated/α-hetero) is 1. The number of hydrogen-bond acceptors (Lipinski definition) is 3. The standard InChI is InChI=1S/C19H30O3/c1-4-7-8-9-10-12-15-13-16(22-6-3)14-18(21)19(15)17(20)11-5-2/h13-14,21H,4-12H2,1-3H3. The van der Waals surface area contributed by atoms with Crippen LogP contribution in [0.1, 0.15) is 81.6 Å². The van der Waals surface area contributed by atoms with Crippen LogP contribution in [-0.4, -0.2) is 17.5 Å². The first-order chi connectivity index (χ1) is 10.6. The van der Waals surface area contributed by atoms with Crippen molar-refractivity contribution in [3.8, 4) is 11.5 Å². The van der Waals surface area contributed by atoms with E-state index < -0.39 is 0 Å². The van der Waals surface area contributed by atoms with Gasteiger partial charge in [0, 0.05) is 12.5 Å². The van der Waals surface area contributed by atoms with Crippen LogP contribution in [0.5, 0.6) is 11.5 Å². The van der Waals surface area contributed by atoms with Gasteiger partial charge < -0.3 is 9.84 Å². The van der Waals surface area contributed by atoms with Crippen LogP contribution in [0.15, 0.2) is 12.1 Å². The third-order valence-corrected chi connectivity index (χ3v) is 3.79. The molecule has 1 aromatic rings. The Morgan fingerprint density at radius 1 is 1.05 bits per heavy atom. The van der Waals surface area contributed by atoms with Gasteiger partial charge >= 0.3 is 0 Å². The summed E-state index contributed by atoms with van der Waals surface area (Å²) < 4.78 is 5.50. The summed E-state index contributed by atoms with van der Waals surface area (Å²) in [6.45, 7) is 6.65. The number of phenolic OH excluding ortho intramolecular Hbond substituents is 1. The number of aryl methyl sites for hydroxylation is 1. The van der Waals surface area contributed by atoms with Crippen LogP contribution in [0, 0.1) is 0 Å². The highest BCUT2D eigenvalue weighted by Crippen LogP contribution is 2.30. The Labute approximate surface area is 134 Å². The van der Waals surface area contributed by atoms with E-state index in [1.54, 1.807) is 6.07 Å². The normalized spacial score (nSPS) is 10.7. The molecule has 0 spiro atoms. The molecular weight excluding hydrogens is 276 g/mol. The molecule has 3 nitrogen and oxygen atoms in total. The molecule has 1 N–H and O–H groups in total. The topological polar surface area (TPSA) is 46.5 Å². The van der Waals surface area contributed by atoms with Gasteiger partial charge in [0.1, 0.15) is 11.5 Å². The fourth-order valence-corrected chi connectivity index (χ4v) is 2.70. The minimum absolute atomic E-state index is 0.0339. The van der Waals surface area contributed by atoms with Crippen LogP contribution in [-0.2, 0) is 6.42 Å². The SMILES string of the molecule is CCCCCCCc1cc(OCC)cc(O)c1C(=O)CCC. The largest absolute Gasteiger partial charge is 0.507 e. The quantitative estimate of drug-likeness (QED) is 0.446. The molecule has 0 radical (unpaired) electrons. The molecule has 0 fully saturated rings. The molecule has 0 saturated heterocycles. The molecule has 22 heavy (non-hydrogen) atoms. The molecule has 0 saturated carbocycles. The van der Waals surface area contributed by atoms with E-state index >= 15 is 0 Å². The predicted octanol–water partition coefficient (Wildman–Crippen LogP) is 5.29. The van der Waals surface area contributed by atoms with Gasteiger partial charge in [0.15, 0.2) is 5.78 Å². The lowest BCUT2D eigenvalue weighted by atomic mass is 9.95. The maximum atomic E-state index is 12.3. The van der Waals surface area contributed by atoms with Crippen molar-refractivity contribution in [1.82, 2.24) is 0 Å². The zero-order valence-corrected chi connectivity index (χ0v) is 14.3. The molecule has 1 rings (SSSR count). The highest BCUT2D eigenvalue weighted by molar-refractivity contribution is 6.00. The first-order valence-corrected chi connectivity index (χ1v) is 8.65. The summed E-state index contributed by atoms with van der Waals surface area (Å²) in [6.07, 6.45) is 8.00. The summed E-state index contributed by atoms with van der Waals surface area (Å²) in [5.41, 5.74) is 1.43. The minimum Gasteiger partial charge on any atom is -0.507 e. The van der Waals surface area contributed by atoms with Crippen molar-refractivity contribution in [3.63, 3.8) is 0 Å². The highest BCUT2D eigenvalue weighted by Gasteiger charge is 2.17. The first kappa shape index (κ1) is 18.5. The van der Waals surface area contributed by atoms with E-state index in [9.17, 15) is 9.90 Å². The van der Waals surface area contributed by atoms with Gasteiger partial charge in [-0.2, -0.15) is 0 Å².